The highest BCUT2D eigenvalue weighted by Crippen LogP contribution is 2.20. The molecule has 0 aliphatic carbocycles. The molecule has 0 bridgehead atoms. The first-order valence-electron chi connectivity index (χ1n) is 7.70. The Morgan fingerprint density at radius 3 is 2.23 bits per heavy atom. The van der Waals surface area contributed by atoms with Crippen LogP contribution in [0.3, 0.4) is 0 Å². The number of alkyl halides is 2. The molecule has 1 aliphatic heterocycles. The zero-order valence-corrected chi connectivity index (χ0v) is 14.0. The minimum Gasteiger partial charge on any atom is -0.444 e. The molecule has 0 radical (unpaired) electrons. The summed E-state index contributed by atoms with van der Waals surface area (Å²) in [5.74, 6) is -3.03. The van der Waals surface area contributed by atoms with E-state index in [0.29, 0.717) is 12.8 Å². The van der Waals surface area contributed by atoms with Crippen molar-refractivity contribution in [3.05, 3.63) is 0 Å². The van der Waals surface area contributed by atoms with Crippen molar-refractivity contribution in [2.75, 3.05) is 13.1 Å². The van der Waals surface area contributed by atoms with Crippen molar-refractivity contribution in [2.45, 2.75) is 77.2 Å². The summed E-state index contributed by atoms with van der Waals surface area (Å²) in [7, 11) is 0. The van der Waals surface area contributed by atoms with Gasteiger partial charge in [0, 0.05) is 6.04 Å². The standard InChI is InChI=1S/C15H28F2N2O3/c1-10-6-12(7-11(2)21-10)18-8-15(16,17)9-19-13(20)22-14(3,4)5/h10-12,18H,6-9H2,1-5H3,(H,19,20). The van der Waals surface area contributed by atoms with Gasteiger partial charge in [0.25, 0.3) is 5.92 Å². The van der Waals surface area contributed by atoms with Crippen LogP contribution in [0.5, 0.6) is 0 Å². The van der Waals surface area contributed by atoms with E-state index in [0.717, 1.165) is 0 Å². The fraction of sp³-hybridized carbons (Fsp3) is 0.933. The smallest absolute Gasteiger partial charge is 0.407 e. The second kappa shape index (κ2) is 7.55. The molecule has 0 aromatic carbocycles. The number of halogens is 2. The lowest BCUT2D eigenvalue weighted by atomic mass is 10.00. The summed E-state index contributed by atoms with van der Waals surface area (Å²) in [6.07, 6.45) is 0.713. The van der Waals surface area contributed by atoms with E-state index >= 15 is 0 Å². The minimum absolute atomic E-state index is 0.00570. The molecule has 130 valence electrons. The second-order valence-corrected chi connectivity index (χ2v) is 7.02. The van der Waals surface area contributed by atoms with Crippen LogP contribution in [0.4, 0.5) is 13.6 Å². The molecule has 7 heteroatoms. The molecule has 1 rings (SSSR count). The maximum absolute atomic E-state index is 13.8. The lowest BCUT2D eigenvalue weighted by molar-refractivity contribution is -0.0510. The number of hydrogen-bond donors (Lipinski definition) is 2. The Bertz CT molecular complexity index is 362. The van der Waals surface area contributed by atoms with Crippen LogP contribution in [0.15, 0.2) is 0 Å². The predicted molar refractivity (Wildman–Crippen MR) is 80.2 cm³/mol. The molecule has 1 aliphatic rings. The lowest BCUT2D eigenvalue weighted by Crippen LogP contribution is -2.49. The second-order valence-electron chi connectivity index (χ2n) is 7.02. The molecular formula is C15H28F2N2O3. The molecular weight excluding hydrogens is 294 g/mol. The summed E-state index contributed by atoms with van der Waals surface area (Å²) in [5, 5.41) is 4.98. The van der Waals surface area contributed by atoms with Gasteiger partial charge in [-0.15, -0.1) is 0 Å². The van der Waals surface area contributed by atoms with E-state index in [-0.39, 0.29) is 18.2 Å². The zero-order valence-electron chi connectivity index (χ0n) is 14.0. The quantitative estimate of drug-likeness (QED) is 0.817. The van der Waals surface area contributed by atoms with Crippen molar-refractivity contribution in [3.63, 3.8) is 0 Å². The van der Waals surface area contributed by atoms with Gasteiger partial charge in [-0.25, -0.2) is 13.6 Å². The van der Waals surface area contributed by atoms with Crippen LogP contribution < -0.4 is 10.6 Å². The van der Waals surface area contributed by atoms with Crippen molar-refractivity contribution in [1.29, 1.82) is 0 Å². The van der Waals surface area contributed by atoms with Gasteiger partial charge in [0.1, 0.15) is 5.60 Å². The first-order chi connectivity index (χ1) is 9.97. The highest BCUT2D eigenvalue weighted by atomic mass is 19.3. The first kappa shape index (κ1) is 19.1. The average molecular weight is 322 g/mol. The van der Waals surface area contributed by atoms with E-state index in [4.69, 9.17) is 9.47 Å². The highest BCUT2D eigenvalue weighted by molar-refractivity contribution is 5.67. The normalized spacial score (nSPS) is 26.6. The van der Waals surface area contributed by atoms with E-state index in [9.17, 15) is 13.6 Å². The first-order valence-corrected chi connectivity index (χ1v) is 7.70. The number of carbonyl (C=O) groups is 1. The molecule has 2 N–H and O–H groups in total. The molecule has 22 heavy (non-hydrogen) atoms. The Morgan fingerprint density at radius 1 is 1.18 bits per heavy atom. The van der Waals surface area contributed by atoms with Gasteiger partial charge < -0.3 is 20.1 Å². The molecule has 0 saturated carbocycles. The highest BCUT2D eigenvalue weighted by Gasteiger charge is 2.33. The van der Waals surface area contributed by atoms with Crippen LogP contribution >= 0.6 is 0 Å². The number of ether oxygens (including phenoxy) is 2. The third-order valence-corrected chi connectivity index (χ3v) is 3.24. The Morgan fingerprint density at radius 2 is 1.73 bits per heavy atom. The Hall–Kier alpha value is -0.950. The van der Waals surface area contributed by atoms with Crippen molar-refractivity contribution < 1.29 is 23.0 Å². The SMILES string of the molecule is CC1CC(NCC(F)(F)CNC(=O)OC(C)(C)C)CC(C)O1. The largest absolute Gasteiger partial charge is 0.444 e. The summed E-state index contributed by atoms with van der Waals surface area (Å²) >= 11 is 0. The van der Waals surface area contributed by atoms with Crippen LogP contribution in [0.1, 0.15) is 47.5 Å². The summed E-state index contributed by atoms with van der Waals surface area (Å²) in [6.45, 7) is 7.69. The van der Waals surface area contributed by atoms with E-state index in [1.165, 1.54) is 0 Å². The van der Waals surface area contributed by atoms with Gasteiger partial charge >= 0.3 is 6.09 Å². The summed E-state index contributed by atoms with van der Waals surface area (Å²) < 4.78 is 38.1. The molecule has 0 spiro atoms. The number of nitrogens with one attached hydrogen (secondary N) is 2. The molecule has 0 aromatic heterocycles. The zero-order chi connectivity index (χ0) is 17.0. The third-order valence-electron chi connectivity index (χ3n) is 3.24. The molecule has 0 aromatic rings. The van der Waals surface area contributed by atoms with Gasteiger partial charge in [0.15, 0.2) is 0 Å². The third kappa shape index (κ3) is 7.89. The predicted octanol–water partition coefficient (Wildman–Crippen LogP) is 2.69. The van der Waals surface area contributed by atoms with Crippen molar-refractivity contribution in [3.8, 4) is 0 Å². The molecule has 1 heterocycles. The summed E-state index contributed by atoms with van der Waals surface area (Å²) in [6, 6.07) is 0.00570. The lowest BCUT2D eigenvalue weighted by Gasteiger charge is -2.33. The van der Waals surface area contributed by atoms with Gasteiger partial charge in [-0.2, -0.15) is 0 Å². The van der Waals surface area contributed by atoms with E-state index in [1.807, 2.05) is 13.8 Å². The summed E-state index contributed by atoms with van der Waals surface area (Å²) in [5.41, 5.74) is -0.702. The molecule has 5 nitrogen and oxygen atoms in total. The van der Waals surface area contributed by atoms with Crippen LogP contribution in [0.2, 0.25) is 0 Å². The maximum Gasteiger partial charge on any atom is 0.407 e. The van der Waals surface area contributed by atoms with Gasteiger partial charge in [-0.1, -0.05) is 0 Å². The molecule has 2 unspecified atom stereocenters. The van der Waals surface area contributed by atoms with E-state index in [2.05, 4.69) is 10.6 Å². The van der Waals surface area contributed by atoms with Gasteiger partial charge in [-0.3, -0.25) is 0 Å². The fourth-order valence-corrected chi connectivity index (χ4v) is 2.44. The van der Waals surface area contributed by atoms with Crippen molar-refractivity contribution in [1.82, 2.24) is 10.6 Å². The molecule has 1 fully saturated rings. The molecule has 2 atom stereocenters. The number of hydrogen-bond acceptors (Lipinski definition) is 4. The molecule has 1 saturated heterocycles. The van der Waals surface area contributed by atoms with Crippen molar-refractivity contribution in [2.24, 2.45) is 0 Å². The van der Waals surface area contributed by atoms with Crippen LogP contribution in [-0.4, -0.2) is 49.0 Å². The van der Waals surface area contributed by atoms with Gasteiger partial charge in [0.05, 0.1) is 25.3 Å². The maximum atomic E-state index is 13.8. The Balaban J connectivity index is 2.32. The topological polar surface area (TPSA) is 59.6 Å². The number of carbonyl (C=O) groups excluding carboxylic acids is 1. The minimum atomic E-state index is -3.03. The number of alkyl carbamates (subject to hydrolysis) is 1. The van der Waals surface area contributed by atoms with Gasteiger partial charge in [0.2, 0.25) is 0 Å². The number of amides is 1. The van der Waals surface area contributed by atoms with Crippen LogP contribution in [0, 0.1) is 0 Å². The van der Waals surface area contributed by atoms with Crippen molar-refractivity contribution >= 4 is 6.09 Å². The van der Waals surface area contributed by atoms with E-state index in [1.54, 1.807) is 20.8 Å². The van der Waals surface area contributed by atoms with Crippen LogP contribution in [0.25, 0.3) is 0 Å². The monoisotopic (exact) mass is 322 g/mol. The average Bonchev–Trinajstić information content (AvgIpc) is 2.31. The Labute approximate surface area is 131 Å². The van der Waals surface area contributed by atoms with Gasteiger partial charge in [-0.05, 0) is 47.5 Å². The van der Waals surface area contributed by atoms with E-state index < -0.39 is 30.7 Å². The summed E-state index contributed by atoms with van der Waals surface area (Å²) in [4.78, 5) is 11.4. The fourth-order valence-electron chi connectivity index (χ4n) is 2.44. The molecule has 1 amide bonds. The van der Waals surface area contributed by atoms with Crippen LogP contribution in [-0.2, 0) is 9.47 Å². The number of rotatable bonds is 5. The Kier molecular flexibility index (Phi) is 6.55.